The maximum Gasteiger partial charge on any atom is 0.469 e. The van der Waals surface area contributed by atoms with Crippen molar-refractivity contribution >= 4 is 37.7 Å². The van der Waals surface area contributed by atoms with Gasteiger partial charge in [-0.1, -0.05) is 0 Å². The number of hydrogen-bond donors (Lipinski definition) is 10. The molecule has 0 aliphatic rings. The number of aliphatic carboxylic acids is 5. The van der Waals surface area contributed by atoms with Crippen molar-refractivity contribution in [3.05, 3.63) is 0 Å². The van der Waals surface area contributed by atoms with Gasteiger partial charge in [0, 0.05) is 6.42 Å². The molecular formula is C12H24N3O14P. The van der Waals surface area contributed by atoms with Gasteiger partial charge in [0.2, 0.25) is 0 Å². The van der Waals surface area contributed by atoms with Gasteiger partial charge < -0.3 is 52.5 Å². The molecule has 0 aromatic rings. The number of phosphoric acid groups is 1. The molecule has 0 amide bonds. The van der Waals surface area contributed by atoms with Crippen molar-refractivity contribution in [1.82, 2.24) is 0 Å². The molecule has 13 N–H and O–H groups in total. The van der Waals surface area contributed by atoms with Crippen molar-refractivity contribution in [3.8, 4) is 0 Å². The van der Waals surface area contributed by atoms with Gasteiger partial charge in [-0.2, -0.15) is 0 Å². The van der Waals surface area contributed by atoms with Gasteiger partial charge in [-0.15, -0.1) is 0 Å². The summed E-state index contributed by atoms with van der Waals surface area (Å²) in [5.74, 6) is -6.07. The SMILES string of the molecule is NC(CC(=O)O)C(=O)O.NC(CCC(=O)O)C(=O)O.NC(COP(=O)(O)O)C(=O)O. The Morgan fingerprint density at radius 2 is 1.13 bits per heavy atom. The summed E-state index contributed by atoms with van der Waals surface area (Å²) in [7, 11) is -4.60. The first-order valence-electron chi connectivity index (χ1n) is 7.49. The van der Waals surface area contributed by atoms with Crippen molar-refractivity contribution in [3.63, 3.8) is 0 Å². The Morgan fingerprint density at radius 1 is 0.733 bits per heavy atom. The van der Waals surface area contributed by atoms with Crippen LogP contribution in [0.25, 0.3) is 0 Å². The van der Waals surface area contributed by atoms with Gasteiger partial charge in [0.1, 0.15) is 18.1 Å². The number of carbonyl (C=O) groups is 5. The lowest BCUT2D eigenvalue weighted by atomic mass is 10.2. The van der Waals surface area contributed by atoms with Crippen LogP contribution in [0.5, 0.6) is 0 Å². The highest BCUT2D eigenvalue weighted by Gasteiger charge is 2.19. The molecule has 0 aromatic carbocycles. The molecule has 0 spiro atoms. The second-order valence-corrected chi connectivity index (χ2v) is 6.39. The fourth-order valence-corrected chi connectivity index (χ4v) is 1.28. The van der Waals surface area contributed by atoms with Gasteiger partial charge in [-0.3, -0.25) is 28.5 Å². The first kappa shape index (κ1) is 32.0. The van der Waals surface area contributed by atoms with Crippen LogP contribution in [0.2, 0.25) is 0 Å². The summed E-state index contributed by atoms with van der Waals surface area (Å²) in [4.78, 5) is 65.6. The Hall–Kier alpha value is -2.66. The van der Waals surface area contributed by atoms with Gasteiger partial charge in [-0.25, -0.2) is 4.57 Å². The van der Waals surface area contributed by atoms with E-state index in [-0.39, 0.29) is 12.8 Å². The standard InChI is InChI=1S/C5H9NO4.C4H7NO4.C3H8NO6P/c6-3(5(9)10)1-2-4(7)8;5-2(4(8)9)1-3(6)7;4-2(3(5)6)1-10-11(7,8)9/h3H,1-2,6H2,(H,7,8)(H,9,10);2H,1,5H2,(H,6,7)(H,8,9);2H,1,4H2,(H,5,6)(H2,7,8,9). The molecule has 0 saturated heterocycles. The van der Waals surface area contributed by atoms with Crippen LogP contribution in [0.3, 0.4) is 0 Å². The lowest BCUT2D eigenvalue weighted by Crippen LogP contribution is -2.34. The van der Waals surface area contributed by atoms with Crippen LogP contribution in [0.15, 0.2) is 0 Å². The molecule has 0 rings (SSSR count). The van der Waals surface area contributed by atoms with Gasteiger partial charge in [0.05, 0.1) is 13.0 Å². The predicted molar refractivity (Wildman–Crippen MR) is 94.0 cm³/mol. The van der Waals surface area contributed by atoms with Crippen LogP contribution in [-0.2, 0) is 33.1 Å². The molecule has 0 heterocycles. The number of carboxylic acid groups (broad SMARTS) is 5. The van der Waals surface area contributed by atoms with Crippen molar-refractivity contribution in [2.24, 2.45) is 17.2 Å². The van der Waals surface area contributed by atoms with Crippen LogP contribution in [0.4, 0.5) is 0 Å². The molecule has 0 radical (unpaired) electrons. The lowest BCUT2D eigenvalue weighted by Gasteiger charge is -2.07. The van der Waals surface area contributed by atoms with Crippen molar-refractivity contribution < 1.29 is 68.4 Å². The number of nitrogens with two attached hydrogens (primary N) is 3. The Morgan fingerprint density at radius 3 is 1.37 bits per heavy atom. The van der Waals surface area contributed by atoms with Crippen molar-refractivity contribution in [1.29, 1.82) is 0 Å². The topological polar surface area (TPSA) is 331 Å². The normalized spacial score (nSPS) is 13.2. The summed E-state index contributed by atoms with van der Waals surface area (Å²) >= 11 is 0. The average Bonchev–Trinajstić information content (AvgIpc) is 2.56. The Bertz CT molecular complexity index is 636. The van der Waals surface area contributed by atoms with E-state index in [1.807, 2.05) is 0 Å². The molecule has 17 nitrogen and oxygen atoms in total. The molecule has 176 valence electrons. The molecule has 18 heteroatoms. The molecule has 0 aliphatic carbocycles. The first-order chi connectivity index (χ1) is 13.4. The summed E-state index contributed by atoms with van der Waals surface area (Å²) < 4.78 is 13.8. The molecule has 0 fully saturated rings. The van der Waals surface area contributed by atoms with E-state index < -0.39 is 68.8 Å². The zero-order valence-electron chi connectivity index (χ0n) is 15.2. The van der Waals surface area contributed by atoms with Crippen LogP contribution in [0, 0.1) is 0 Å². The van der Waals surface area contributed by atoms with Crippen LogP contribution in [0.1, 0.15) is 19.3 Å². The fourth-order valence-electron chi connectivity index (χ4n) is 0.927. The molecule has 0 aliphatic heterocycles. The van der Waals surface area contributed by atoms with Crippen molar-refractivity contribution in [2.75, 3.05) is 6.61 Å². The molecule has 3 atom stereocenters. The quantitative estimate of drug-likeness (QED) is 0.133. The molecule has 0 bridgehead atoms. The van der Waals surface area contributed by atoms with E-state index in [1.54, 1.807) is 0 Å². The maximum absolute atomic E-state index is 9.99. The van der Waals surface area contributed by atoms with Gasteiger partial charge in [-0.05, 0) is 6.42 Å². The minimum Gasteiger partial charge on any atom is -0.481 e. The smallest absolute Gasteiger partial charge is 0.469 e. The highest BCUT2D eigenvalue weighted by atomic mass is 31.2. The molecule has 0 aromatic heterocycles. The van der Waals surface area contributed by atoms with E-state index in [1.165, 1.54) is 0 Å². The number of carboxylic acids is 5. The summed E-state index contributed by atoms with van der Waals surface area (Å²) in [5.41, 5.74) is 14.7. The molecule has 3 unspecified atom stereocenters. The molecule has 0 saturated carbocycles. The second-order valence-electron chi connectivity index (χ2n) is 5.15. The largest absolute Gasteiger partial charge is 0.481 e. The van der Waals surface area contributed by atoms with Crippen LogP contribution in [-0.4, -0.2) is 89.9 Å². The summed E-state index contributed by atoms with van der Waals surface area (Å²) in [6, 6.07) is -3.76. The number of phosphoric ester groups is 1. The molecule has 30 heavy (non-hydrogen) atoms. The van der Waals surface area contributed by atoms with E-state index >= 15 is 0 Å². The third-order valence-electron chi connectivity index (χ3n) is 2.44. The number of hydrogen-bond acceptors (Lipinski definition) is 10. The average molecular weight is 465 g/mol. The zero-order chi connectivity index (χ0) is 24.7. The minimum atomic E-state index is -4.60. The first-order valence-corrected chi connectivity index (χ1v) is 9.02. The summed E-state index contributed by atoms with van der Waals surface area (Å²) in [6.45, 7) is -0.709. The predicted octanol–water partition coefficient (Wildman–Crippen LogP) is -3.36. The second kappa shape index (κ2) is 16.2. The Labute approximate surface area is 168 Å². The minimum absolute atomic E-state index is 0.0231. The highest BCUT2D eigenvalue weighted by Crippen LogP contribution is 2.35. The Balaban J connectivity index is -0.000000366. The number of rotatable bonds is 11. The lowest BCUT2D eigenvalue weighted by molar-refractivity contribution is -0.144. The van der Waals surface area contributed by atoms with E-state index in [0.717, 1.165) is 0 Å². The van der Waals surface area contributed by atoms with E-state index in [4.69, 9.17) is 52.5 Å². The van der Waals surface area contributed by atoms with Gasteiger partial charge >= 0.3 is 37.7 Å². The highest BCUT2D eigenvalue weighted by molar-refractivity contribution is 7.46. The molecular weight excluding hydrogens is 441 g/mol. The third-order valence-corrected chi connectivity index (χ3v) is 2.92. The van der Waals surface area contributed by atoms with Gasteiger partial charge in [0.15, 0.2) is 0 Å². The summed E-state index contributed by atoms with van der Waals surface area (Å²) in [5, 5.41) is 40.4. The summed E-state index contributed by atoms with van der Waals surface area (Å²) in [6.07, 6.45) is -0.756. The van der Waals surface area contributed by atoms with Crippen molar-refractivity contribution in [2.45, 2.75) is 37.4 Å². The third kappa shape index (κ3) is 25.3. The van der Waals surface area contributed by atoms with Gasteiger partial charge in [0.25, 0.3) is 0 Å². The van der Waals surface area contributed by atoms with E-state index in [0.29, 0.717) is 0 Å². The van der Waals surface area contributed by atoms with Crippen LogP contribution >= 0.6 is 7.82 Å². The van der Waals surface area contributed by atoms with E-state index in [9.17, 15) is 28.5 Å². The monoisotopic (exact) mass is 465 g/mol. The maximum atomic E-state index is 9.99. The Kier molecular flexibility index (Phi) is 17.3. The van der Waals surface area contributed by atoms with E-state index in [2.05, 4.69) is 4.52 Å². The fraction of sp³-hybridized carbons (Fsp3) is 0.583. The van der Waals surface area contributed by atoms with Crippen LogP contribution < -0.4 is 17.2 Å². The zero-order valence-corrected chi connectivity index (χ0v) is 16.1.